The van der Waals surface area contributed by atoms with Gasteiger partial charge >= 0.3 is 17.8 Å². The van der Waals surface area contributed by atoms with E-state index >= 15 is 0 Å². The maximum absolute atomic E-state index is 14.5. The van der Waals surface area contributed by atoms with Gasteiger partial charge < -0.3 is 4.74 Å². The molecule has 0 radical (unpaired) electrons. The number of carbonyl (C=O) groups excluding carboxylic acids is 1. The minimum atomic E-state index is -4.96. The van der Waals surface area contributed by atoms with Gasteiger partial charge in [0.05, 0.1) is 22.9 Å². The predicted octanol–water partition coefficient (Wildman–Crippen LogP) is 4.47. The monoisotopic (exact) mass is 476 g/mol. The Morgan fingerprint density at radius 1 is 1.16 bits per heavy atom. The van der Waals surface area contributed by atoms with E-state index in [1.807, 2.05) is 0 Å². The van der Waals surface area contributed by atoms with Crippen molar-refractivity contribution in [1.82, 2.24) is 9.13 Å². The number of esters is 1. The molecule has 2 aromatic rings. The average molecular weight is 477 g/mol. The van der Waals surface area contributed by atoms with Crippen LogP contribution >= 0.6 is 11.6 Å². The molecule has 0 amide bonds. The van der Waals surface area contributed by atoms with Crippen molar-refractivity contribution in [3.05, 3.63) is 61.1 Å². The molecule has 11 heteroatoms. The van der Waals surface area contributed by atoms with E-state index in [4.69, 9.17) is 16.3 Å². The first kappa shape index (κ1) is 24.0. The summed E-state index contributed by atoms with van der Waals surface area (Å²) in [7, 11) is 0.801. The van der Waals surface area contributed by atoms with E-state index in [1.165, 1.54) is 6.42 Å². The van der Waals surface area contributed by atoms with Crippen molar-refractivity contribution >= 4 is 17.6 Å². The number of carbonyl (C=O) groups is 1. The molecule has 0 aliphatic heterocycles. The Kier molecular flexibility index (Phi) is 7.12. The van der Waals surface area contributed by atoms with Gasteiger partial charge in [-0.1, -0.05) is 43.7 Å². The molecule has 1 aromatic carbocycles. The molecular formula is C21H21ClF4N2O4. The Labute approximate surface area is 185 Å². The molecule has 1 aromatic heterocycles. The standard InChI is InChI=1S/C21H21ClF4N2O4/c1-27-17(21(24,25)26)11-18(29)28(20(27)31)16-9-13(14(22)10-15(16)23)19(30)32-8-7-12-5-3-2-4-6-12/h9-12H,2-8H2,1H3. The van der Waals surface area contributed by atoms with Crippen LogP contribution in [0.4, 0.5) is 17.6 Å². The van der Waals surface area contributed by atoms with Gasteiger partial charge in [-0.05, 0) is 24.5 Å². The second-order valence-electron chi connectivity index (χ2n) is 7.75. The van der Waals surface area contributed by atoms with Gasteiger partial charge in [-0.3, -0.25) is 9.36 Å². The lowest BCUT2D eigenvalue weighted by Gasteiger charge is -2.21. The zero-order valence-corrected chi connectivity index (χ0v) is 17.9. The largest absolute Gasteiger partial charge is 0.462 e. The minimum Gasteiger partial charge on any atom is -0.462 e. The maximum Gasteiger partial charge on any atom is 0.431 e. The summed E-state index contributed by atoms with van der Waals surface area (Å²) in [6.07, 6.45) is 1.25. The zero-order chi connectivity index (χ0) is 23.6. The number of hydrogen-bond acceptors (Lipinski definition) is 4. The normalized spacial score (nSPS) is 15.1. The van der Waals surface area contributed by atoms with Gasteiger partial charge in [-0.25, -0.2) is 18.5 Å². The third kappa shape index (κ3) is 5.06. The van der Waals surface area contributed by atoms with E-state index in [9.17, 15) is 31.9 Å². The van der Waals surface area contributed by atoms with Gasteiger partial charge in [0, 0.05) is 13.1 Å². The first-order valence-electron chi connectivity index (χ1n) is 10.1. The van der Waals surface area contributed by atoms with E-state index in [1.54, 1.807) is 0 Å². The molecular weight excluding hydrogens is 456 g/mol. The molecule has 1 fully saturated rings. The van der Waals surface area contributed by atoms with Crippen LogP contribution in [0.1, 0.15) is 54.6 Å². The second kappa shape index (κ2) is 9.48. The van der Waals surface area contributed by atoms with E-state index in [-0.39, 0.29) is 32.4 Å². The van der Waals surface area contributed by atoms with Crippen LogP contribution in [0.15, 0.2) is 27.8 Å². The summed E-state index contributed by atoms with van der Waals surface area (Å²) in [5, 5.41) is -0.314. The number of benzene rings is 1. The summed E-state index contributed by atoms with van der Waals surface area (Å²) in [6, 6.07) is 1.71. The molecule has 1 aliphatic rings. The second-order valence-corrected chi connectivity index (χ2v) is 8.16. The summed E-state index contributed by atoms with van der Waals surface area (Å²) in [4.78, 5) is 37.2. The molecule has 32 heavy (non-hydrogen) atoms. The van der Waals surface area contributed by atoms with Gasteiger partial charge in [0.25, 0.3) is 5.56 Å². The minimum absolute atomic E-state index is 0.120. The van der Waals surface area contributed by atoms with Crippen molar-refractivity contribution in [2.75, 3.05) is 6.61 Å². The Morgan fingerprint density at radius 3 is 2.44 bits per heavy atom. The average Bonchev–Trinajstić information content (AvgIpc) is 2.72. The number of alkyl halides is 3. The van der Waals surface area contributed by atoms with Crippen LogP contribution in [0, 0.1) is 11.7 Å². The van der Waals surface area contributed by atoms with Gasteiger partial charge in [0.15, 0.2) is 0 Å². The molecule has 0 N–H and O–H groups in total. The Morgan fingerprint density at radius 2 is 1.81 bits per heavy atom. The molecule has 6 nitrogen and oxygen atoms in total. The van der Waals surface area contributed by atoms with Crippen LogP contribution in [0.3, 0.4) is 0 Å². The van der Waals surface area contributed by atoms with E-state index in [0.29, 0.717) is 18.4 Å². The van der Waals surface area contributed by atoms with Gasteiger partial charge in [0.1, 0.15) is 11.5 Å². The lowest BCUT2D eigenvalue weighted by Crippen LogP contribution is -2.41. The maximum atomic E-state index is 14.5. The fraction of sp³-hybridized carbons (Fsp3) is 0.476. The van der Waals surface area contributed by atoms with Crippen molar-refractivity contribution < 1.29 is 27.1 Å². The van der Waals surface area contributed by atoms with Crippen molar-refractivity contribution in [3.8, 4) is 5.69 Å². The lowest BCUT2D eigenvalue weighted by atomic mass is 9.87. The fourth-order valence-corrected chi connectivity index (χ4v) is 4.08. The van der Waals surface area contributed by atoms with Gasteiger partial charge in [-0.15, -0.1) is 0 Å². The zero-order valence-electron chi connectivity index (χ0n) is 17.2. The number of halogens is 5. The molecule has 1 aliphatic carbocycles. The number of ether oxygens (including phenoxy) is 1. The highest BCUT2D eigenvalue weighted by atomic mass is 35.5. The van der Waals surface area contributed by atoms with Crippen molar-refractivity contribution in [2.45, 2.75) is 44.7 Å². The van der Waals surface area contributed by atoms with Gasteiger partial charge in [0.2, 0.25) is 0 Å². The first-order chi connectivity index (χ1) is 15.0. The third-order valence-electron chi connectivity index (χ3n) is 5.59. The molecule has 0 saturated heterocycles. The number of aromatic nitrogens is 2. The van der Waals surface area contributed by atoms with Crippen LogP contribution in [-0.2, 0) is 18.0 Å². The predicted molar refractivity (Wildman–Crippen MR) is 109 cm³/mol. The number of hydrogen-bond donors (Lipinski definition) is 0. The van der Waals surface area contributed by atoms with Crippen molar-refractivity contribution in [1.29, 1.82) is 0 Å². The lowest BCUT2D eigenvalue weighted by molar-refractivity contribution is -0.144. The van der Waals surface area contributed by atoms with Crippen LogP contribution in [0.5, 0.6) is 0 Å². The first-order valence-corrected chi connectivity index (χ1v) is 10.5. The quantitative estimate of drug-likeness (QED) is 0.471. The number of rotatable bonds is 5. The molecule has 0 atom stereocenters. The highest BCUT2D eigenvalue weighted by molar-refractivity contribution is 6.33. The van der Waals surface area contributed by atoms with Crippen LogP contribution < -0.4 is 11.2 Å². The highest BCUT2D eigenvalue weighted by Crippen LogP contribution is 2.28. The Bertz CT molecular complexity index is 1130. The number of nitrogens with zero attached hydrogens (tertiary/aromatic N) is 2. The summed E-state index contributed by atoms with van der Waals surface area (Å²) in [5.41, 5.74) is -5.32. The molecule has 0 unspecified atom stereocenters. The van der Waals surface area contributed by atoms with E-state index in [2.05, 4.69) is 0 Å². The van der Waals surface area contributed by atoms with Crippen molar-refractivity contribution in [3.63, 3.8) is 0 Å². The highest BCUT2D eigenvalue weighted by Gasteiger charge is 2.35. The molecule has 1 heterocycles. The van der Waals surface area contributed by atoms with E-state index < -0.39 is 40.6 Å². The van der Waals surface area contributed by atoms with Crippen LogP contribution in [0.25, 0.3) is 5.69 Å². The molecule has 0 spiro atoms. The van der Waals surface area contributed by atoms with Crippen LogP contribution in [-0.4, -0.2) is 21.7 Å². The van der Waals surface area contributed by atoms with Gasteiger partial charge in [-0.2, -0.15) is 13.2 Å². The molecule has 3 rings (SSSR count). The Balaban J connectivity index is 1.92. The summed E-state index contributed by atoms with van der Waals surface area (Å²) >= 11 is 5.95. The summed E-state index contributed by atoms with van der Waals surface area (Å²) in [6.45, 7) is 0.120. The van der Waals surface area contributed by atoms with E-state index in [0.717, 1.165) is 38.8 Å². The smallest absolute Gasteiger partial charge is 0.431 e. The fourth-order valence-electron chi connectivity index (χ4n) is 3.86. The summed E-state index contributed by atoms with van der Waals surface area (Å²) in [5.74, 6) is -1.60. The molecule has 1 saturated carbocycles. The third-order valence-corrected chi connectivity index (χ3v) is 5.90. The molecule has 0 bridgehead atoms. The topological polar surface area (TPSA) is 70.3 Å². The summed E-state index contributed by atoms with van der Waals surface area (Å²) < 4.78 is 59.3. The van der Waals surface area contributed by atoms with Crippen molar-refractivity contribution in [2.24, 2.45) is 13.0 Å². The molecule has 174 valence electrons. The Hall–Kier alpha value is -2.62. The van der Waals surface area contributed by atoms with Crippen LogP contribution in [0.2, 0.25) is 5.02 Å². The SMILES string of the molecule is Cn1c(C(F)(F)F)cc(=O)n(-c2cc(C(=O)OCCC3CCCCC3)c(Cl)cc2F)c1=O.